The van der Waals surface area contributed by atoms with Gasteiger partial charge in [0.05, 0.1) is 0 Å². The van der Waals surface area contributed by atoms with Crippen LogP contribution >= 0.6 is 12.0 Å². The molecule has 0 aromatic rings. The summed E-state index contributed by atoms with van der Waals surface area (Å²) >= 11 is 0.547. The Morgan fingerprint density at radius 1 is 0.957 bits per heavy atom. The first kappa shape index (κ1) is 21.8. The Hall–Kier alpha value is -1.21. The van der Waals surface area contributed by atoms with Crippen molar-refractivity contribution in [2.24, 2.45) is 0 Å². The minimum atomic E-state index is -0.290. The Bertz CT molecular complexity index is 372. The molecule has 0 radical (unpaired) electrons. The van der Waals surface area contributed by atoms with Crippen LogP contribution in [0.25, 0.3) is 0 Å². The van der Waals surface area contributed by atoms with Crippen LogP contribution in [-0.4, -0.2) is 5.97 Å². The monoisotopic (exact) mass is 337 g/mol. The van der Waals surface area contributed by atoms with E-state index in [1.54, 1.807) is 5.40 Å². The van der Waals surface area contributed by atoms with E-state index in [-0.39, 0.29) is 5.97 Å². The van der Waals surface area contributed by atoms with Gasteiger partial charge in [-0.1, -0.05) is 63.3 Å². The van der Waals surface area contributed by atoms with Crippen molar-refractivity contribution in [1.82, 2.24) is 0 Å². The number of hydrogen-bond acceptors (Lipinski definition) is 4. The molecule has 4 heteroatoms. The summed E-state index contributed by atoms with van der Waals surface area (Å²) in [6, 6.07) is 0. The maximum atomic E-state index is 11.1. The van der Waals surface area contributed by atoms with Crippen LogP contribution in [0.15, 0.2) is 24.3 Å². The zero-order valence-electron chi connectivity index (χ0n) is 14.5. The number of carbonyl (C=O) groups excluding carboxylic acids is 1. The molecule has 0 heterocycles. The quantitative estimate of drug-likeness (QED) is 0.149. The Morgan fingerprint density at radius 2 is 1.57 bits per heavy atom. The number of rotatable bonds is 15. The second-order valence-corrected chi connectivity index (χ2v) is 6.13. The lowest BCUT2D eigenvalue weighted by molar-refractivity contribution is -0.133. The Labute approximate surface area is 146 Å². The van der Waals surface area contributed by atoms with E-state index in [2.05, 4.69) is 35.4 Å². The number of allylic oxidation sites excluding steroid dienone is 4. The van der Waals surface area contributed by atoms with Crippen molar-refractivity contribution in [3.63, 3.8) is 0 Å². The molecule has 0 atom stereocenters. The van der Waals surface area contributed by atoms with Gasteiger partial charge in [-0.2, -0.15) is 5.26 Å². The Morgan fingerprint density at radius 3 is 2.22 bits per heavy atom. The highest BCUT2D eigenvalue weighted by Crippen LogP contribution is 2.10. The molecule has 0 aromatic heterocycles. The largest absolute Gasteiger partial charge is 0.375 e. The van der Waals surface area contributed by atoms with Crippen molar-refractivity contribution in [2.45, 2.75) is 84.0 Å². The lowest BCUT2D eigenvalue weighted by atomic mass is 10.1. The minimum Gasteiger partial charge on any atom is -0.375 e. The number of hydrogen-bond donors (Lipinski definition) is 0. The first-order chi connectivity index (χ1) is 11.3. The van der Waals surface area contributed by atoms with E-state index in [9.17, 15) is 4.79 Å². The number of carbonyl (C=O) groups is 1. The van der Waals surface area contributed by atoms with Gasteiger partial charge in [0.15, 0.2) is 17.4 Å². The van der Waals surface area contributed by atoms with Gasteiger partial charge in [0.2, 0.25) is 0 Å². The van der Waals surface area contributed by atoms with Gasteiger partial charge in [-0.25, -0.2) is 0 Å². The molecule has 0 unspecified atom stereocenters. The Balaban J connectivity index is 3.25. The maximum absolute atomic E-state index is 11.1. The van der Waals surface area contributed by atoms with Crippen molar-refractivity contribution in [2.75, 3.05) is 0 Å². The minimum absolute atomic E-state index is 0.290. The van der Waals surface area contributed by atoms with Crippen LogP contribution < -0.4 is 0 Å². The van der Waals surface area contributed by atoms with E-state index in [4.69, 9.17) is 5.26 Å². The van der Waals surface area contributed by atoms with Crippen molar-refractivity contribution < 1.29 is 8.98 Å². The van der Waals surface area contributed by atoms with Crippen LogP contribution in [0.3, 0.4) is 0 Å². The predicted molar refractivity (Wildman–Crippen MR) is 98.7 cm³/mol. The first-order valence-corrected chi connectivity index (χ1v) is 9.60. The van der Waals surface area contributed by atoms with Gasteiger partial charge >= 0.3 is 5.97 Å². The van der Waals surface area contributed by atoms with Gasteiger partial charge < -0.3 is 4.18 Å². The molecule has 0 saturated heterocycles. The van der Waals surface area contributed by atoms with Crippen molar-refractivity contribution in [1.29, 1.82) is 5.26 Å². The van der Waals surface area contributed by atoms with Gasteiger partial charge in [0.25, 0.3) is 0 Å². The van der Waals surface area contributed by atoms with E-state index in [0.29, 0.717) is 18.5 Å². The lowest BCUT2D eigenvalue weighted by Gasteiger charge is -2.00. The van der Waals surface area contributed by atoms with E-state index in [1.165, 1.54) is 38.5 Å². The zero-order chi connectivity index (χ0) is 17.0. The summed E-state index contributed by atoms with van der Waals surface area (Å²) < 4.78 is 4.61. The number of nitriles is 1. The fourth-order valence-corrected chi connectivity index (χ4v) is 2.40. The van der Waals surface area contributed by atoms with Gasteiger partial charge in [-0.05, 0) is 38.5 Å². The van der Waals surface area contributed by atoms with Crippen LogP contribution in [0.2, 0.25) is 0 Å². The summed E-state index contributed by atoms with van der Waals surface area (Å²) in [5, 5.41) is 9.96. The molecule has 0 bridgehead atoms. The van der Waals surface area contributed by atoms with Gasteiger partial charge in [-0.15, -0.1) is 0 Å². The lowest BCUT2D eigenvalue weighted by Crippen LogP contribution is -1.97. The first-order valence-electron chi connectivity index (χ1n) is 8.86. The molecule has 0 rings (SSSR count). The summed E-state index contributed by atoms with van der Waals surface area (Å²) in [5.41, 5.74) is 0. The molecular weight excluding hydrogens is 306 g/mol. The van der Waals surface area contributed by atoms with Crippen molar-refractivity contribution >= 4 is 18.0 Å². The van der Waals surface area contributed by atoms with E-state index < -0.39 is 0 Å². The molecular formula is C19H31NO2S. The van der Waals surface area contributed by atoms with E-state index in [1.807, 2.05) is 0 Å². The molecule has 0 fully saturated rings. The van der Waals surface area contributed by atoms with E-state index in [0.717, 1.165) is 32.1 Å². The molecule has 0 aliphatic carbocycles. The summed E-state index contributed by atoms with van der Waals surface area (Å²) in [5.74, 6) is -0.290. The van der Waals surface area contributed by atoms with Gasteiger partial charge in [-0.3, -0.25) is 4.79 Å². The third kappa shape index (κ3) is 18.7. The topological polar surface area (TPSA) is 50.1 Å². The second kappa shape index (κ2) is 18.8. The maximum Gasteiger partial charge on any atom is 0.318 e. The van der Waals surface area contributed by atoms with Crippen LogP contribution in [0, 0.1) is 10.7 Å². The van der Waals surface area contributed by atoms with Crippen LogP contribution in [0.5, 0.6) is 0 Å². The Kier molecular flexibility index (Phi) is 17.8. The molecule has 0 aliphatic rings. The number of thiocyanates is 1. The molecule has 0 spiro atoms. The average molecular weight is 338 g/mol. The number of nitrogens with zero attached hydrogens (tertiary/aromatic N) is 1. The highest BCUT2D eigenvalue weighted by Gasteiger charge is 2.02. The highest BCUT2D eigenvalue weighted by molar-refractivity contribution is 7.99. The smallest absolute Gasteiger partial charge is 0.318 e. The molecule has 0 saturated carbocycles. The highest BCUT2D eigenvalue weighted by atomic mass is 32.2. The van der Waals surface area contributed by atoms with Crippen LogP contribution in [0.4, 0.5) is 0 Å². The number of unbranched alkanes of at least 4 members (excludes halogenated alkanes) is 8. The summed E-state index contributed by atoms with van der Waals surface area (Å²) in [7, 11) is 0. The zero-order valence-corrected chi connectivity index (χ0v) is 15.3. The van der Waals surface area contributed by atoms with Crippen molar-refractivity contribution in [3.05, 3.63) is 24.3 Å². The van der Waals surface area contributed by atoms with Crippen LogP contribution in [0.1, 0.15) is 84.0 Å². The van der Waals surface area contributed by atoms with Gasteiger partial charge in [0, 0.05) is 6.42 Å². The van der Waals surface area contributed by atoms with Crippen molar-refractivity contribution in [3.8, 4) is 5.40 Å². The molecule has 0 aromatic carbocycles. The average Bonchev–Trinajstić information content (AvgIpc) is 2.56. The molecule has 130 valence electrons. The fourth-order valence-electron chi connectivity index (χ4n) is 2.19. The molecule has 3 nitrogen and oxygen atoms in total. The summed E-state index contributed by atoms with van der Waals surface area (Å²) in [6.07, 6.45) is 22.3. The second-order valence-electron chi connectivity index (χ2n) is 5.61. The standard InChI is InChI=1S/C19H31NO2S/c1-2-3-4-5-6-7-8-9-10-11-12-13-14-15-16-17-19(21)22-23-18-20/h6-7,9-10H,2-5,8,11-17H2,1H3/b7-6-,10-9-. The SMILES string of the molecule is CCCCC/C=C\C/C=C\CCCCCCCC(=O)OSC#N. The molecule has 0 aliphatic heterocycles. The fraction of sp³-hybridized carbons (Fsp3) is 0.684. The molecule has 23 heavy (non-hydrogen) atoms. The molecule has 0 amide bonds. The summed E-state index contributed by atoms with van der Waals surface area (Å²) in [4.78, 5) is 11.1. The van der Waals surface area contributed by atoms with Gasteiger partial charge in [0.1, 0.15) is 0 Å². The normalized spacial score (nSPS) is 11.1. The van der Waals surface area contributed by atoms with Crippen LogP contribution in [-0.2, 0) is 8.98 Å². The molecule has 0 N–H and O–H groups in total. The summed E-state index contributed by atoms with van der Waals surface area (Å²) in [6.45, 7) is 2.23. The third-order valence-electron chi connectivity index (χ3n) is 3.50. The van der Waals surface area contributed by atoms with E-state index >= 15 is 0 Å². The third-order valence-corrected chi connectivity index (χ3v) is 3.85. The predicted octanol–water partition coefficient (Wildman–Crippen LogP) is 6.47.